The van der Waals surface area contributed by atoms with Crippen molar-refractivity contribution in [3.05, 3.63) is 95.6 Å². The molecular formula is C24H24N4O2. The Morgan fingerprint density at radius 3 is 1.80 bits per heavy atom. The van der Waals surface area contributed by atoms with E-state index in [0.29, 0.717) is 31.9 Å². The van der Waals surface area contributed by atoms with Crippen molar-refractivity contribution >= 4 is 11.8 Å². The molecular weight excluding hydrogens is 376 g/mol. The van der Waals surface area contributed by atoms with Crippen LogP contribution in [0.3, 0.4) is 0 Å². The lowest BCUT2D eigenvalue weighted by atomic mass is 9.90. The number of amides is 2. The number of nitrogens with zero attached hydrogens (tertiary/aromatic N) is 4. The van der Waals surface area contributed by atoms with Crippen molar-refractivity contribution in [3.8, 4) is 0 Å². The average molecular weight is 400 g/mol. The molecule has 0 atom stereocenters. The summed E-state index contributed by atoms with van der Waals surface area (Å²) in [5.74, 6) is -0.426. The zero-order valence-electron chi connectivity index (χ0n) is 16.9. The highest BCUT2D eigenvalue weighted by atomic mass is 16.2. The lowest BCUT2D eigenvalue weighted by Crippen LogP contribution is -2.51. The highest BCUT2D eigenvalue weighted by Gasteiger charge is 2.31. The van der Waals surface area contributed by atoms with E-state index in [1.165, 1.54) is 6.20 Å². The van der Waals surface area contributed by atoms with Crippen LogP contribution in [-0.2, 0) is 4.79 Å². The third-order valence-corrected chi connectivity index (χ3v) is 5.39. The lowest BCUT2D eigenvalue weighted by molar-refractivity contribution is -0.133. The Kier molecular flexibility index (Phi) is 5.84. The summed E-state index contributed by atoms with van der Waals surface area (Å²) in [5, 5.41) is 0. The molecule has 2 aromatic carbocycles. The summed E-state index contributed by atoms with van der Waals surface area (Å²) < 4.78 is 0. The average Bonchev–Trinajstić information content (AvgIpc) is 2.81. The summed E-state index contributed by atoms with van der Waals surface area (Å²) in [7, 11) is 0. The quantitative estimate of drug-likeness (QED) is 0.675. The third-order valence-electron chi connectivity index (χ3n) is 5.39. The van der Waals surface area contributed by atoms with Crippen molar-refractivity contribution in [1.29, 1.82) is 0 Å². The monoisotopic (exact) mass is 400 g/mol. The standard InChI is InChI=1S/C24H24N4O2/c1-18-16-26-21(17-25-18)23(29)27-12-14-28(15-13-27)24(30)22(19-8-4-2-5-9-19)20-10-6-3-7-11-20/h2-11,16-17,22H,12-15H2,1H3. The van der Waals surface area contributed by atoms with Crippen LogP contribution >= 0.6 is 0 Å². The van der Waals surface area contributed by atoms with Crippen molar-refractivity contribution in [2.45, 2.75) is 12.8 Å². The molecule has 1 aromatic heterocycles. The number of aryl methyl sites for hydroxylation is 1. The highest BCUT2D eigenvalue weighted by Crippen LogP contribution is 2.27. The van der Waals surface area contributed by atoms with Gasteiger partial charge in [0, 0.05) is 32.4 Å². The number of carbonyl (C=O) groups is 2. The molecule has 0 N–H and O–H groups in total. The molecule has 0 radical (unpaired) electrons. The Balaban J connectivity index is 1.48. The first-order chi connectivity index (χ1) is 14.6. The largest absolute Gasteiger partial charge is 0.338 e. The van der Waals surface area contributed by atoms with Gasteiger partial charge in [0.2, 0.25) is 5.91 Å². The third kappa shape index (κ3) is 4.22. The lowest BCUT2D eigenvalue weighted by Gasteiger charge is -2.36. The van der Waals surface area contributed by atoms with Gasteiger partial charge in [-0.2, -0.15) is 0 Å². The predicted octanol–water partition coefficient (Wildman–Crippen LogP) is 2.90. The van der Waals surface area contributed by atoms with E-state index in [1.54, 1.807) is 11.1 Å². The van der Waals surface area contributed by atoms with Gasteiger partial charge >= 0.3 is 0 Å². The van der Waals surface area contributed by atoms with Gasteiger partial charge in [-0.15, -0.1) is 0 Å². The zero-order valence-corrected chi connectivity index (χ0v) is 16.9. The molecule has 4 rings (SSSR count). The van der Waals surface area contributed by atoms with E-state index in [9.17, 15) is 9.59 Å². The topological polar surface area (TPSA) is 66.4 Å². The number of hydrogen-bond acceptors (Lipinski definition) is 4. The van der Waals surface area contributed by atoms with Crippen molar-refractivity contribution in [2.24, 2.45) is 0 Å². The molecule has 2 heterocycles. The maximum Gasteiger partial charge on any atom is 0.274 e. The summed E-state index contributed by atoms with van der Waals surface area (Å²) in [6.07, 6.45) is 3.10. The molecule has 30 heavy (non-hydrogen) atoms. The molecule has 0 saturated carbocycles. The molecule has 1 aliphatic heterocycles. The Hall–Kier alpha value is -3.54. The fraction of sp³-hybridized carbons (Fsp3) is 0.250. The summed E-state index contributed by atoms with van der Waals surface area (Å²) in [5.41, 5.74) is 3.06. The van der Waals surface area contributed by atoms with Gasteiger partial charge in [-0.05, 0) is 18.1 Å². The molecule has 0 unspecified atom stereocenters. The van der Waals surface area contributed by atoms with E-state index in [-0.39, 0.29) is 17.7 Å². The Morgan fingerprint density at radius 2 is 1.30 bits per heavy atom. The molecule has 1 fully saturated rings. The minimum absolute atomic E-state index is 0.0645. The van der Waals surface area contributed by atoms with E-state index in [0.717, 1.165) is 16.8 Å². The SMILES string of the molecule is Cc1cnc(C(=O)N2CCN(C(=O)C(c3ccccc3)c3ccccc3)CC2)cn1. The number of piperazine rings is 1. The first kappa shape index (κ1) is 19.8. The van der Waals surface area contributed by atoms with Crippen LogP contribution in [0.5, 0.6) is 0 Å². The smallest absolute Gasteiger partial charge is 0.274 e. The summed E-state index contributed by atoms with van der Waals surface area (Å²) in [6, 6.07) is 19.7. The molecule has 0 spiro atoms. The van der Waals surface area contributed by atoms with E-state index >= 15 is 0 Å². The van der Waals surface area contributed by atoms with Gasteiger partial charge in [-0.3, -0.25) is 14.6 Å². The molecule has 1 saturated heterocycles. The summed E-state index contributed by atoms with van der Waals surface area (Å²) in [4.78, 5) is 38.1. The molecule has 1 aliphatic rings. The number of carbonyl (C=O) groups excluding carboxylic acids is 2. The second kappa shape index (κ2) is 8.86. The summed E-state index contributed by atoms with van der Waals surface area (Å²) >= 11 is 0. The Labute approximate surface area is 176 Å². The van der Waals surface area contributed by atoms with Gasteiger partial charge in [-0.1, -0.05) is 60.7 Å². The van der Waals surface area contributed by atoms with Crippen molar-refractivity contribution < 1.29 is 9.59 Å². The van der Waals surface area contributed by atoms with E-state index < -0.39 is 0 Å². The summed E-state index contributed by atoms with van der Waals surface area (Å²) in [6.45, 7) is 3.80. The Bertz CT molecular complexity index is 959. The van der Waals surface area contributed by atoms with Crippen LogP contribution in [0.4, 0.5) is 0 Å². The maximum atomic E-state index is 13.5. The predicted molar refractivity (Wildman–Crippen MR) is 114 cm³/mol. The second-order valence-electron chi connectivity index (χ2n) is 7.41. The molecule has 6 nitrogen and oxygen atoms in total. The number of benzene rings is 2. The maximum absolute atomic E-state index is 13.5. The van der Waals surface area contributed by atoms with Gasteiger partial charge < -0.3 is 9.80 Å². The Morgan fingerprint density at radius 1 is 0.767 bits per heavy atom. The van der Waals surface area contributed by atoms with Crippen LogP contribution in [-0.4, -0.2) is 57.8 Å². The first-order valence-electron chi connectivity index (χ1n) is 10.1. The normalized spacial score (nSPS) is 14.1. The van der Waals surface area contributed by atoms with Crippen LogP contribution in [0.1, 0.15) is 33.2 Å². The van der Waals surface area contributed by atoms with Crippen molar-refractivity contribution in [1.82, 2.24) is 19.8 Å². The van der Waals surface area contributed by atoms with Gasteiger partial charge in [0.05, 0.1) is 17.8 Å². The van der Waals surface area contributed by atoms with Gasteiger partial charge in [0.1, 0.15) is 5.69 Å². The highest BCUT2D eigenvalue weighted by molar-refractivity contribution is 5.92. The molecule has 152 valence electrons. The number of rotatable bonds is 4. The van der Waals surface area contributed by atoms with Crippen LogP contribution in [0.2, 0.25) is 0 Å². The molecule has 0 aliphatic carbocycles. The van der Waals surface area contributed by atoms with Gasteiger partial charge in [0.25, 0.3) is 5.91 Å². The van der Waals surface area contributed by atoms with Crippen LogP contribution < -0.4 is 0 Å². The second-order valence-corrected chi connectivity index (χ2v) is 7.41. The fourth-order valence-electron chi connectivity index (χ4n) is 3.75. The number of aromatic nitrogens is 2. The molecule has 0 bridgehead atoms. The molecule has 3 aromatic rings. The van der Waals surface area contributed by atoms with Gasteiger partial charge in [-0.25, -0.2) is 4.98 Å². The zero-order chi connectivity index (χ0) is 20.9. The van der Waals surface area contributed by atoms with E-state index in [2.05, 4.69) is 9.97 Å². The van der Waals surface area contributed by atoms with Gasteiger partial charge in [0.15, 0.2) is 0 Å². The molecule has 2 amide bonds. The minimum atomic E-state index is -0.349. The fourth-order valence-corrected chi connectivity index (χ4v) is 3.75. The first-order valence-corrected chi connectivity index (χ1v) is 10.1. The van der Waals surface area contributed by atoms with Crippen molar-refractivity contribution in [2.75, 3.05) is 26.2 Å². The number of hydrogen-bond donors (Lipinski definition) is 0. The van der Waals surface area contributed by atoms with Crippen LogP contribution in [0.25, 0.3) is 0 Å². The van der Waals surface area contributed by atoms with Crippen LogP contribution in [0.15, 0.2) is 73.1 Å². The van der Waals surface area contributed by atoms with Crippen LogP contribution in [0, 0.1) is 6.92 Å². The minimum Gasteiger partial charge on any atom is -0.338 e. The molecule has 6 heteroatoms. The van der Waals surface area contributed by atoms with Crippen molar-refractivity contribution in [3.63, 3.8) is 0 Å². The van der Waals surface area contributed by atoms with E-state index in [1.807, 2.05) is 72.5 Å². The van der Waals surface area contributed by atoms with E-state index in [4.69, 9.17) is 0 Å².